The van der Waals surface area contributed by atoms with Crippen LogP contribution < -0.4 is 4.90 Å². The quantitative estimate of drug-likeness (QED) is 0.799. The minimum absolute atomic E-state index is 0.142. The van der Waals surface area contributed by atoms with Crippen LogP contribution in [0, 0.1) is 0 Å². The molecule has 1 unspecified atom stereocenters. The van der Waals surface area contributed by atoms with Gasteiger partial charge in [-0.15, -0.1) is 0 Å². The number of ether oxygens (including phenoxy) is 1. The molecule has 0 radical (unpaired) electrons. The summed E-state index contributed by atoms with van der Waals surface area (Å²) in [7, 11) is 0. The molecule has 1 amide bonds. The van der Waals surface area contributed by atoms with Gasteiger partial charge in [0.1, 0.15) is 12.1 Å². The Balaban J connectivity index is 1.50. The number of hydrogen-bond acceptors (Lipinski definition) is 6. The molecule has 0 aromatic carbocycles. The van der Waals surface area contributed by atoms with Crippen molar-refractivity contribution in [3.63, 3.8) is 0 Å². The Morgan fingerprint density at radius 2 is 2.00 bits per heavy atom. The van der Waals surface area contributed by atoms with Gasteiger partial charge in [-0.3, -0.25) is 4.79 Å². The SMILES string of the molecule is O=C(C1CN(c2ncnc3c2CCCC3)CCO1)N1CCSCC1. The fourth-order valence-corrected chi connectivity index (χ4v) is 4.66. The molecule has 2 saturated heterocycles. The predicted molar refractivity (Wildman–Crippen MR) is 94.5 cm³/mol. The molecule has 1 aromatic heterocycles. The van der Waals surface area contributed by atoms with E-state index in [-0.39, 0.29) is 12.0 Å². The van der Waals surface area contributed by atoms with Gasteiger partial charge in [-0.05, 0) is 25.7 Å². The number of carbonyl (C=O) groups is 1. The third-order valence-corrected chi connectivity index (χ3v) is 6.01. The molecule has 2 fully saturated rings. The van der Waals surface area contributed by atoms with Crippen molar-refractivity contribution < 1.29 is 9.53 Å². The van der Waals surface area contributed by atoms with Crippen molar-refractivity contribution >= 4 is 23.5 Å². The van der Waals surface area contributed by atoms with Crippen LogP contribution in [0.15, 0.2) is 6.33 Å². The Kier molecular flexibility index (Phi) is 4.89. The largest absolute Gasteiger partial charge is 0.365 e. The van der Waals surface area contributed by atoms with E-state index < -0.39 is 0 Å². The fraction of sp³-hybridized carbons (Fsp3) is 0.706. The first-order valence-corrected chi connectivity index (χ1v) is 10.0. The summed E-state index contributed by atoms with van der Waals surface area (Å²) < 4.78 is 5.81. The maximum Gasteiger partial charge on any atom is 0.253 e. The number of aromatic nitrogens is 2. The number of rotatable bonds is 2. The van der Waals surface area contributed by atoms with Gasteiger partial charge in [-0.2, -0.15) is 11.8 Å². The molecular weight excluding hydrogens is 324 g/mol. The summed E-state index contributed by atoms with van der Waals surface area (Å²) in [6.45, 7) is 3.66. The number of morpholine rings is 1. The Morgan fingerprint density at radius 1 is 1.17 bits per heavy atom. The van der Waals surface area contributed by atoms with E-state index in [0.29, 0.717) is 13.2 Å². The Bertz CT molecular complexity index is 606. The smallest absolute Gasteiger partial charge is 0.253 e. The van der Waals surface area contributed by atoms with Crippen LogP contribution in [0.25, 0.3) is 0 Å². The molecule has 130 valence electrons. The molecule has 1 atom stereocenters. The van der Waals surface area contributed by atoms with Crippen LogP contribution in [-0.2, 0) is 22.4 Å². The lowest BCUT2D eigenvalue weighted by Gasteiger charge is -2.37. The molecular formula is C17H24N4O2S. The first-order valence-electron chi connectivity index (χ1n) is 8.89. The molecule has 0 N–H and O–H groups in total. The highest BCUT2D eigenvalue weighted by Crippen LogP contribution is 2.28. The van der Waals surface area contributed by atoms with Crippen LogP contribution in [0.1, 0.15) is 24.1 Å². The fourth-order valence-electron chi connectivity index (χ4n) is 3.75. The highest BCUT2D eigenvalue weighted by molar-refractivity contribution is 7.99. The second-order valence-corrected chi connectivity index (χ2v) is 7.80. The van der Waals surface area contributed by atoms with Crippen molar-refractivity contribution in [3.8, 4) is 0 Å². The van der Waals surface area contributed by atoms with Gasteiger partial charge in [0.05, 0.1) is 13.2 Å². The minimum atomic E-state index is -0.365. The molecule has 0 bridgehead atoms. The van der Waals surface area contributed by atoms with E-state index in [4.69, 9.17) is 4.74 Å². The van der Waals surface area contributed by atoms with Gasteiger partial charge in [-0.1, -0.05) is 0 Å². The molecule has 6 nitrogen and oxygen atoms in total. The average molecular weight is 348 g/mol. The number of carbonyl (C=O) groups excluding carboxylic acids is 1. The third kappa shape index (κ3) is 3.24. The van der Waals surface area contributed by atoms with Gasteiger partial charge in [0, 0.05) is 42.4 Å². The van der Waals surface area contributed by atoms with E-state index in [9.17, 15) is 4.79 Å². The van der Waals surface area contributed by atoms with E-state index in [1.165, 1.54) is 24.1 Å². The second kappa shape index (κ2) is 7.27. The summed E-state index contributed by atoms with van der Waals surface area (Å²) in [6.07, 6.45) is 5.81. The Hall–Kier alpha value is -1.34. The maximum absolute atomic E-state index is 12.8. The second-order valence-electron chi connectivity index (χ2n) is 6.57. The van der Waals surface area contributed by atoms with E-state index >= 15 is 0 Å². The first-order chi connectivity index (χ1) is 11.8. The highest BCUT2D eigenvalue weighted by atomic mass is 32.2. The Morgan fingerprint density at radius 3 is 2.88 bits per heavy atom. The molecule has 4 rings (SSSR count). The third-order valence-electron chi connectivity index (χ3n) is 5.07. The van der Waals surface area contributed by atoms with Crippen molar-refractivity contribution in [3.05, 3.63) is 17.6 Å². The minimum Gasteiger partial charge on any atom is -0.365 e. The van der Waals surface area contributed by atoms with E-state index in [1.54, 1.807) is 6.33 Å². The number of hydrogen-bond donors (Lipinski definition) is 0. The number of fused-ring (bicyclic) bond motifs is 1. The standard InChI is InChI=1S/C17H24N4O2S/c22-17(20-6-9-24-10-7-20)15-11-21(5-8-23-15)16-13-3-1-2-4-14(13)18-12-19-16/h12,15H,1-11H2. The van der Waals surface area contributed by atoms with Crippen LogP contribution in [0.4, 0.5) is 5.82 Å². The van der Waals surface area contributed by atoms with Gasteiger partial charge < -0.3 is 14.5 Å². The zero-order chi connectivity index (χ0) is 16.4. The number of nitrogens with zero attached hydrogens (tertiary/aromatic N) is 4. The van der Waals surface area contributed by atoms with E-state index in [0.717, 1.165) is 49.8 Å². The number of thioether (sulfide) groups is 1. The summed E-state index contributed by atoms with van der Waals surface area (Å²) in [4.78, 5) is 26.0. The van der Waals surface area contributed by atoms with Crippen LogP contribution in [-0.4, -0.2) is 71.2 Å². The van der Waals surface area contributed by atoms with Crippen LogP contribution in [0.5, 0.6) is 0 Å². The van der Waals surface area contributed by atoms with Crippen molar-refractivity contribution in [1.82, 2.24) is 14.9 Å². The highest BCUT2D eigenvalue weighted by Gasteiger charge is 2.32. The molecule has 1 aliphatic carbocycles. The van der Waals surface area contributed by atoms with E-state index in [2.05, 4.69) is 14.9 Å². The molecule has 0 saturated carbocycles. The summed E-state index contributed by atoms with van der Waals surface area (Å²) in [5, 5.41) is 0. The van der Waals surface area contributed by atoms with Gasteiger partial charge in [0.25, 0.3) is 5.91 Å². The topological polar surface area (TPSA) is 58.6 Å². The van der Waals surface area contributed by atoms with Crippen molar-refractivity contribution in [2.45, 2.75) is 31.8 Å². The molecule has 3 aliphatic rings. The lowest BCUT2D eigenvalue weighted by molar-refractivity contribution is -0.144. The number of amides is 1. The van der Waals surface area contributed by atoms with E-state index in [1.807, 2.05) is 16.7 Å². The lowest BCUT2D eigenvalue weighted by Crippen LogP contribution is -2.53. The number of anilines is 1. The molecule has 0 spiro atoms. The van der Waals surface area contributed by atoms with Crippen LogP contribution in [0.3, 0.4) is 0 Å². The normalized spacial score (nSPS) is 24.6. The molecule has 1 aromatic rings. The summed E-state index contributed by atoms with van der Waals surface area (Å²) in [5.41, 5.74) is 2.47. The predicted octanol–water partition coefficient (Wildman–Crippen LogP) is 1.14. The van der Waals surface area contributed by atoms with Gasteiger partial charge >= 0.3 is 0 Å². The maximum atomic E-state index is 12.8. The molecule has 2 aliphatic heterocycles. The van der Waals surface area contributed by atoms with Gasteiger partial charge in [-0.25, -0.2) is 9.97 Å². The zero-order valence-corrected chi connectivity index (χ0v) is 14.8. The molecule has 3 heterocycles. The zero-order valence-electron chi connectivity index (χ0n) is 13.9. The van der Waals surface area contributed by atoms with Crippen LogP contribution in [0.2, 0.25) is 0 Å². The van der Waals surface area contributed by atoms with Gasteiger partial charge in [0.2, 0.25) is 0 Å². The molecule has 24 heavy (non-hydrogen) atoms. The summed E-state index contributed by atoms with van der Waals surface area (Å²) in [5.74, 6) is 3.22. The number of aryl methyl sites for hydroxylation is 1. The van der Waals surface area contributed by atoms with Crippen molar-refractivity contribution in [2.75, 3.05) is 49.2 Å². The molecule has 7 heteroatoms. The average Bonchev–Trinajstić information content (AvgIpc) is 2.68. The Labute approximate surface area is 147 Å². The first kappa shape index (κ1) is 16.1. The monoisotopic (exact) mass is 348 g/mol. The van der Waals surface area contributed by atoms with Gasteiger partial charge in [0.15, 0.2) is 6.10 Å². The summed E-state index contributed by atoms with van der Waals surface area (Å²) in [6, 6.07) is 0. The van der Waals surface area contributed by atoms with Crippen molar-refractivity contribution in [2.24, 2.45) is 0 Å². The lowest BCUT2D eigenvalue weighted by atomic mass is 9.96. The van der Waals surface area contributed by atoms with Crippen molar-refractivity contribution in [1.29, 1.82) is 0 Å². The summed E-state index contributed by atoms with van der Waals surface area (Å²) >= 11 is 1.91. The van der Waals surface area contributed by atoms with Crippen LogP contribution >= 0.6 is 11.8 Å².